The summed E-state index contributed by atoms with van der Waals surface area (Å²) in [6.45, 7) is 0. The third-order valence-corrected chi connectivity index (χ3v) is 2.12. The molecule has 1 aliphatic rings. The van der Waals surface area contributed by atoms with Crippen LogP contribution in [0, 0.1) is 0 Å². The van der Waals surface area contributed by atoms with E-state index in [0.717, 1.165) is 17.0 Å². The summed E-state index contributed by atoms with van der Waals surface area (Å²) in [5, 5.41) is 0. The summed E-state index contributed by atoms with van der Waals surface area (Å²) in [6.07, 6.45) is 8.07. The van der Waals surface area contributed by atoms with Crippen LogP contribution in [-0.4, -0.2) is 16.2 Å². The molecule has 2 nitrogen and oxygen atoms in total. The van der Waals surface area contributed by atoms with Crippen molar-refractivity contribution in [3.63, 3.8) is 0 Å². The molecule has 0 aromatic carbocycles. The minimum atomic E-state index is 0.737. The van der Waals surface area contributed by atoms with E-state index in [4.69, 9.17) is 12.2 Å². The third-order valence-electron chi connectivity index (χ3n) is 1.87. The lowest BCUT2D eigenvalue weighted by Gasteiger charge is -2.08. The maximum absolute atomic E-state index is 5.02. The Morgan fingerprint density at radius 1 is 1.38 bits per heavy atom. The number of aromatic nitrogens is 1. The second-order valence-corrected chi connectivity index (χ2v) is 3.25. The molecule has 0 saturated heterocycles. The monoisotopic (exact) mass is 188 g/mol. The first-order chi connectivity index (χ1) is 6.36. The molecular weight excluding hydrogens is 180 g/mol. The zero-order chi connectivity index (χ0) is 9.10. The van der Waals surface area contributed by atoms with Gasteiger partial charge in [-0.05, 0) is 23.3 Å². The fraction of sp³-hybridized carbons (Fsp3) is 0.100. The highest BCUT2D eigenvalue weighted by molar-refractivity contribution is 7.80. The SMILES string of the molecule is S=C1CC(c2cccnc2)=CC=N1. The van der Waals surface area contributed by atoms with Crippen molar-refractivity contribution in [3.8, 4) is 0 Å². The maximum atomic E-state index is 5.02. The van der Waals surface area contributed by atoms with Gasteiger partial charge in [-0.15, -0.1) is 0 Å². The summed E-state index contributed by atoms with van der Waals surface area (Å²) in [6, 6.07) is 3.95. The number of dihydropyridines is 1. The van der Waals surface area contributed by atoms with Gasteiger partial charge in [0, 0.05) is 25.0 Å². The Bertz CT molecular complexity index is 379. The molecule has 0 spiro atoms. The Balaban J connectivity index is 2.33. The standard InChI is InChI=1S/C10H8N2S/c13-10-6-8(3-5-12-10)9-2-1-4-11-7-9/h1-5,7H,6H2. The summed E-state index contributed by atoms with van der Waals surface area (Å²) in [4.78, 5) is 8.81. The summed E-state index contributed by atoms with van der Waals surface area (Å²) >= 11 is 5.02. The van der Waals surface area contributed by atoms with E-state index in [1.165, 1.54) is 5.57 Å². The molecular formula is C10H8N2S. The Hall–Kier alpha value is -1.35. The molecule has 0 bridgehead atoms. The Morgan fingerprint density at radius 2 is 2.31 bits per heavy atom. The second kappa shape index (κ2) is 3.58. The summed E-state index contributed by atoms with van der Waals surface area (Å²) < 4.78 is 0. The first-order valence-corrected chi connectivity index (χ1v) is 4.43. The van der Waals surface area contributed by atoms with E-state index in [0.29, 0.717) is 0 Å². The van der Waals surface area contributed by atoms with Crippen molar-refractivity contribution in [2.24, 2.45) is 4.99 Å². The molecule has 0 unspecified atom stereocenters. The molecule has 0 N–H and O–H groups in total. The predicted molar refractivity (Wildman–Crippen MR) is 57.9 cm³/mol. The minimum absolute atomic E-state index is 0.737. The number of nitrogens with zero attached hydrogens (tertiary/aromatic N) is 2. The molecule has 0 saturated carbocycles. The number of pyridine rings is 1. The van der Waals surface area contributed by atoms with Crippen LogP contribution in [0.15, 0.2) is 35.6 Å². The van der Waals surface area contributed by atoms with Gasteiger partial charge in [0.2, 0.25) is 0 Å². The Labute approximate surface area is 82.0 Å². The van der Waals surface area contributed by atoms with Crippen LogP contribution in [0.5, 0.6) is 0 Å². The summed E-state index contributed by atoms with van der Waals surface area (Å²) in [5.41, 5.74) is 2.31. The topological polar surface area (TPSA) is 25.2 Å². The van der Waals surface area contributed by atoms with Gasteiger partial charge in [0.25, 0.3) is 0 Å². The zero-order valence-electron chi connectivity index (χ0n) is 6.97. The van der Waals surface area contributed by atoms with Crippen LogP contribution >= 0.6 is 12.2 Å². The number of hydrogen-bond acceptors (Lipinski definition) is 2. The average Bonchev–Trinajstić information content (AvgIpc) is 2.19. The van der Waals surface area contributed by atoms with E-state index in [-0.39, 0.29) is 0 Å². The molecule has 13 heavy (non-hydrogen) atoms. The number of hydrogen-bond donors (Lipinski definition) is 0. The molecule has 1 aromatic rings. The molecule has 3 heteroatoms. The summed E-state index contributed by atoms with van der Waals surface area (Å²) in [5.74, 6) is 0. The lowest BCUT2D eigenvalue weighted by molar-refractivity contribution is 1.29. The third kappa shape index (κ3) is 1.87. The largest absolute Gasteiger partial charge is 0.264 e. The molecule has 64 valence electrons. The number of thiocarbonyl (C=S) groups is 1. The van der Waals surface area contributed by atoms with Crippen LogP contribution in [0.4, 0.5) is 0 Å². The normalized spacial score (nSPS) is 15.7. The van der Waals surface area contributed by atoms with Gasteiger partial charge >= 0.3 is 0 Å². The van der Waals surface area contributed by atoms with Gasteiger partial charge in [0.15, 0.2) is 0 Å². The molecule has 0 radical (unpaired) electrons. The molecule has 0 amide bonds. The number of allylic oxidation sites excluding steroid dienone is 1. The number of rotatable bonds is 1. The van der Waals surface area contributed by atoms with Crippen LogP contribution in [0.25, 0.3) is 5.57 Å². The highest BCUT2D eigenvalue weighted by Gasteiger charge is 2.06. The highest BCUT2D eigenvalue weighted by Crippen LogP contribution is 2.19. The lowest BCUT2D eigenvalue weighted by Crippen LogP contribution is -1.99. The van der Waals surface area contributed by atoms with Crippen molar-refractivity contribution in [2.45, 2.75) is 6.42 Å². The van der Waals surface area contributed by atoms with E-state index in [1.54, 1.807) is 12.4 Å². The van der Waals surface area contributed by atoms with E-state index in [9.17, 15) is 0 Å². The molecule has 2 rings (SSSR count). The van der Waals surface area contributed by atoms with E-state index < -0.39 is 0 Å². The molecule has 0 aliphatic carbocycles. The van der Waals surface area contributed by atoms with Crippen LogP contribution in [-0.2, 0) is 0 Å². The predicted octanol–water partition coefficient (Wildman–Crippen LogP) is 2.27. The van der Waals surface area contributed by atoms with Gasteiger partial charge in [-0.2, -0.15) is 0 Å². The van der Waals surface area contributed by atoms with Crippen molar-refractivity contribution in [1.29, 1.82) is 0 Å². The van der Waals surface area contributed by atoms with Crippen molar-refractivity contribution in [2.75, 3.05) is 0 Å². The van der Waals surface area contributed by atoms with Crippen LogP contribution in [0.1, 0.15) is 12.0 Å². The van der Waals surface area contributed by atoms with Crippen LogP contribution in [0.2, 0.25) is 0 Å². The molecule has 1 aromatic heterocycles. The van der Waals surface area contributed by atoms with Crippen molar-refractivity contribution >= 4 is 29.0 Å². The van der Waals surface area contributed by atoms with Gasteiger partial charge in [0.1, 0.15) is 4.99 Å². The average molecular weight is 188 g/mol. The summed E-state index contributed by atoms with van der Waals surface area (Å²) in [7, 11) is 0. The fourth-order valence-corrected chi connectivity index (χ4v) is 1.45. The quantitative estimate of drug-likeness (QED) is 0.632. The lowest BCUT2D eigenvalue weighted by atomic mass is 10.0. The van der Waals surface area contributed by atoms with Crippen LogP contribution < -0.4 is 0 Å². The van der Waals surface area contributed by atoms with Crippen molar-refractivity contribution in [1.82, 2.24) is 4.98 Å². The molecule has 0 fully saturated rings. The minimum Gasteiger partial charge on any atom is -0.264 e. The van der Waals surface area contributed by atoms with Crippen molar-refractivity contribution < 1.29 is 0 Å². The first-order valence-electron chi connectivity index (χ1n) is 4.03. The Morgan fingerprint density at radius 3 is 3.00 bits per heavy atom. The van der Waals surface area contributed by atoms with Crippen LogP contribution in [0.3, 0.4) is 0 Å². The van der Waals surface area contributed by atoms with Gasteiger partial charge in [-0.25, -0.2) is 4.99 Å². The molecule has 1 aliphatic heterocycles. The zero-order valence-corrected chi connectivity index (χ0v) is 7.79. The van der Waals surface area contributed by atoms with Crippen molar-refractivity contribution in [3.05, 3.63) is 36.2 Å². The number of aliphatic imine (C=N–C) groups is 1. The van der Waals surface area contributed by atoms with Gasteiger partial charge in [0.05, 0.1) is 0 Å². The van der Waals surface area contributed by atoms with E-state index >= 15 is 0 Å². The molecule has 2 heterocycles. The highest BCUT2D eigenvalue weighted by atomic mass is 32.1. The van der Waals surface area contributed by atoms with Gasteiger partial charge < -0.3 is 0 Å². The first kappa shape index (κ1) is 8.26. The van der Waals surface area contributed by atoms with E-state index in [2.05, 4.69) is 9.98 Å². The maximum Gasteiger partial charge on any atom is 0.107 e. The second-order valence-electron chi connectivity index (χ2n) is 2.78. The Kier molecular flexibility index (Phi) is 2.27. The van der Waals surface area contributed by atoms with Gasteiger partial charge in [-0.1, -0.05) is 18.3 Å². The van der Waals surface area contributed by atoms with Gasteiger partial charge in [-0.3, -0.25) is 4.98 Å². The molecule has 0 atom stereocenters. The smallest absolute Gasteiger partial charge is 0.107 e. The fourth-order valence-electron chi connectivity index (χ4n) is 1.23. The van der Waals surface area contributed by atoms with E-state index in [1.807, 2.05) is 24.4 Å².